The zero-order valence-corrected chi connectivity index (χ0v) is 9.30. The van der Waals surface area contributed by atoms with Crippen molar-refractivity contribution in [2.45, 2.75) is 25.4 Å². The van der Waals surface area contributed by atoms with Crippen molar-refractivity contribution in [3.63, 3.8) is 0 Å². The molecule has 0 aromatic carbocycles. The van der Waals surface area contributed by atoms with Crippen LogP contribution in [-0.4, -0.2) is 30.3 Å². The fraction of sp³-hybridized carbons (Fsp3) is 0.700. The first kappa shape index (κ1) is 11.1. The molecule has 1 heterocycles. The molecule has 6 heteroatoms. The van der Waals surface area contributed by atoms with E-state index in [0.29, 0.717) is 11.7 Å². The van der Waals surface area contributed by atoms with E-state index < -0.39 is 5.97 Å². The highest BCUT2D eigenvalue weighted by atomic mass is 16.5. The molecule has 1 unspecified atom stereocenters. The van der Waals surface area contributed by atoms with Crippen molar-refractivity contribution in [1.82, 2.24) is 10.1 Å². The minimum absolute atomic E-state index is 0.00456. The van der Waals surface area contributed by atoms with Crippen molar-refractivity contribution in [2.24, 2.45) is 5.92 Å². The highest BCUT2D eigenvalue weighted by Crippen LogP contribution is 2.41. The Kier molecular flexibility index (Phi) is 3.19. The maximum absolute atomic E-state index is 11.0. The quantitative estimate of drug-likeness (QED) is 0.694. The highest BCUT2D eigenvalue weighted by molar-refractivity contribution is 5.71. The first-order chi connectivity index (χ1) is 7.74. The number of carbonyl (C=O) groups is 1. The van der Waals surface area contributed by atoms with Gasteiger partial charge >= 0.3 is 5.97 Å². The largest absolute Gasteiger partial charge is 0.469 e. The molecule has 1 aliphatic rings. The van der Waals surface area contributed by atoms with Crippen molar-refractivity contribution < 1.29 is 18.8 Å². The molecular weight excluding hydrogens is 212 g/mol. The van der Waals surface area contributed by atoms with Crippen LogP contribution in [0, 0.1) is 5.92 Å². The Bertz CT molecular complexity index is 373. The molecule has 2 rings (SSSR count). The first-order valence-electron chi connectivity index (χ1n) is 5.16. The number of hydrogen-bond acceptors (Lipinski definition) is 6. The van der Waals surface area contributed by atoms with Crippen LogP contribution in [-0.2, 0) is 20.7 Å². The van der Waals surface area contributed by atoms with Gasteiger partial charge in [-0.1, -0.05) is 5.16 Å². The lowest BCUT2D eigenvalue weighted by molar-refractivity contribution is -0.140. The van der Waals surface area contributed by atoms with Crippen LogP contribution in [0.5, 0.6) is 0 Å². The second kappa shape index (κ2) is 4.61. The van der Waals surface area contributed by atoms with E-state index >= 15 is 0 Å². The molecule has 0 bridgehead atoms. The van der Waals surface area contributed by atoms with Crippen LogP contribution in [0.15, 0.2) is 4.52 Å². The van der Waals surface area contributed by atoms with Crippen LogP contribution < -0.4 is 0 Å². The molecule has 88 valence electrons. The summed E-state index contributed by atoms with van der Waals surface area (Å²) in [6.45, 7) is 0. The van der Waals surface area contributed by atoms with Crippen molar-refractivity contribution in [1.29, 1.82) is 0 Å². The van der Waals surface area contributed by atoms with E-state index in [0.717, 1.165) is 12.8 Å². The van der Waals surface area contributed by atoms with Gasteiger partial charge in [-0.2, -0.15) is 4.98 Å². The fourth-order valence-corrected chi connectivity index (χ4v) is 1.56. The van der Waals surface area contributed by atoms with E-state index in [1.165, 1.54) is 7.11 Å². The molecule has 0 aliphatic heterocycles. The Labute approximate surface area is 92.9 Å². The Morgan fingerprint density at radius 1 is 1.56 bits per heavy atom. The lowest BCUT2D eigenvalue weighted by Crippen LogP contribution is -2.07. The summed E-state index contributed by atoms with van der Waals surface area (Å²) in [6.07, 6.45) is 2.14. The third kappa shape index (κ3) is 2.38. The first-order valence-corrected chi connectivity index (χ1v) is 5.16. The van der Waals surface area contributed by atoms with Gasteiger partial charge in [-0.15, -0.1) is 0 Å². The summed E-state index contributed by atoms with van der Waals surface area (Å²) in [6, 6.07) is 0. The van der Waals surface area contributed by atoms with Gasteiger partial charge in [-0.3, -0.25) is 4.79 Å². The average molecular weight is 226 g/mol. The second-order valence-corrected chi connectivity index (χ2v) is 3.79. The van der Waals surface area contributed by atoms with Crippen LogP contribution >= 0.6 is 0 Å². The van der Waals surface area contributed by atoms with Gasteiger partial charge < -0.3 is 14.0 Å². The van der Waals surface area contributed by atoms with E-state index in [4.69, 9.17) is 9.26 Å². The predicted molar refractivity (Wildman–Crippen MR) is 52.5 cm³/mol. The molecule has 1 aromatic rings. The normalized spacial score (nSPS) is 17.1. The van der Waals surface area contributed by atoms with E-state index in [9.17, 15) is 4.79 Å². The van der Waals surface area contributed by atoms with E-state index in [1.54, 1.807) is 7.11 Å². The molecule has 0 spiro atoms. The topological polar surface area (TPSA) is 74.5 Å². The standard InChI is InChI=1S/C10H14N2O4/c1-14-8(13)5-7-11-10(12-16-7)9(15-2)6-3-4-6/h6,9H,3-5H2,1-2H3. The van der Waals surface area contributed by atoms with Crippen molar-refractivity contribution >= 4 is 5.97 Å². The molecule has 0 radical (unpaired) electrons. The minimum atomic E-state index is -0.393. The number of rotatable bonds is 5. The highest BCUT2D eigenvalue weighted by Gasteiger charge is 2.35. The Morgan fingerprint density at radius 2 is 2.31 bits per heavy atom. The van der Waals surface area contributed by atoms with Gasteiger partial charge in [-0.25, -0.2) is 0 Å². The maximum atomic E-state index is 11.0. The molecule has 6 nitrogen and oxygen atoms in total. The van der Waals surface area contributed by atoms with Crippen LogP contribution in [0.3, 0.4) is 0 Å². The molecule has 1 aromatic heterocycles. The van der Waals surface area contributed by atoms with Gasteiger partial charge in [0, 0.05) is 7.11 Å². The monoisotopic (exact) mass is 226 g/mol. The van der Waals surface area contributed by atoms with Gasteiger partial charge in [-0.05, 0) is 18.8 Å². The molecule has 1 fully saturated rings. The third-order valence-electron chi connectivity index (χ3n) is 2.57. The summed E-state index contributed by atoms with van der Waals surface area (Å²) >= 11 is 0. The number of hydrogen-bond donors (Lipinski definition) is 0. The summed E-state index contributed by atoms with van der Waals surface area (Å²) in [5, 5.41) is 3.82. The molecule has 1 saturated carbocycles. The van der Waals surface area contributed by atoms with Gasteiger partial charge in [0.2, 0.25) is 11.7 Å². The van der Waals surface area contributed by atoms with Gasteiger partial charge in [0.25, 0.3) is 0 Å². The summed E-state index contributed by atoms with van der Waals surface area (Å²) in [4.78, 5) is 15.1. The van der Waals surface area contributed by atoms with Gasteiger partial charge in [0.05, 0.1) is 7.11 Å². The maximum Gasteiger partial charge on any atom is 0.315 e. The van der Waals surface area contributed by atoms with Crippen LogP contribution in [0.1, 0.15) is 30.7 Å². The van der Waals surface area contributed by atoms with Crippen molar-refractivity contribution in [3.8, 4) is 0 Å². The molecule has 1 atom stereocenters. The lowest BCUT2D eigenvalue weighted by Gasteiger charge is -2.07. The molecule has 0 N–H and O–H groups in total. The van der Waals surface area contributed by atoms with Crippen molar-refractivity contribution in [2.75, 3.05) is 14.2 Å². The van der Waals surface area contributed by atoms with E-state index in [-0.39, 0.29) is 18.4 Å². The van der Waals surface area contributed by atoms with Crippen LogP contribution in [0.2, 0.25) is 0 Å². The number of ether oxygens (including phenoxy) is 2. The summed E-state index contributed by atoms with van der Waals surface area (Å²) in [7, 11) is 2.95. The lowest BCUT2D eigenvalue weighted by atomic mass is 10.2. The number of methoxy groups -OCH3 is 2. The smallest absolute Gasteiger partial charge is 0.315 e. The number of aromatic nitrogens is 2. The number of esters is 1. The minimum Gasteiger partial charge on any atom is -0.469 e. The van der Waals surface area contributed by atoms with E-state index in [2.05, 4.69) is 14.9 Å². The Morgan fingerprint density at radius 3 is 2.88 bits per heavy atom. The molecule has 16 heavy (non-hydrogen) atoms. The summed E-state index contributed by atoms with van der Waals surface area (Å²) < 4.78 is 14.8. The molecule has 0 saturated heterocycles. The third-order valence-corrected chi connectivity index (χ3v) is 2.57. The summed E-state index contributed by atoms with van der Waals surface area (Å²) in [5.41, 5.74) is 0. The Balaban J connectivity index is 2.03. The fourth-order valence-electron chi connectivity index (χ4n) is 1.56. The Hall–Kier alpha value is -1.43. The SMILES string of the molecule is COC(=O)Cc1nc(C(OC)C2CC2)no1. The summed E-state index contributed by atoms with van der Waals surface area (Å²) in [5.74, 6) is 0.873. The van der Waals surface area contributed by atoms with Crippen LogP contribution in [0.25, 0.3) is 0 Å². The average Bonchev–Trinajstić information content (AvgIpc) is 3.01. The van der Waals surface area contributed by atoms with Gasteiger partial charge in [0.1, 0.15) is 12.5 Å². The number of carbonyl (C=O) groups excluding carboxylic acids is 1. The zero-order valence-electron chi connectivity index (χ0n) is 9.30. The molecule has 0 amide bonds. The van der Waals surface area contributed by atoms with Gasteiger partial charge in [0.15, 0.2) is 0 Å². The van der Waals surface area contributed by atoms with E-state index in [1.807, 2.05) is 0 Å². The molecular formula is C10H14N2O4. The second-order valence-electron chi connectivity index (χ2n) is 3.79. The zero-order chi connectivity index (χ0) is 11.5. The van der Waals surface area contributed by atoms with Crippen molar-refractivity contribution in [3.05, 3.63) is 11.7 Å². The predicted octanol–water partition coefficient (Wildman–Crippen LogP) is 0.883. The van der Waals surface area contributed by atoms with Crippen LogP contribution in [0.4, 0.5) is 0 Å². The number of nitrogens with zero attached hydrogens (tertiary/aromatic N) is 2. The molecule has 1 aliphatic carbocycles.